The molecule has 3 aromatic carbocycles. The van der Waals surface area contributed by atoms with Gasteiger partial charge < -0.3 is 30.0 Å². The summed E-state index contributed by atoms with van der Waals surface area (Å²) in [6.07, 6.45) is 19.4. The number of nitrogens with one attached hydrogen (secondary N) is 3. The van der Waals surface area contributed by atoms with E-state index in [0.29, 0.717) is 55.2 Å². The van der Waals surface area contributed by atoms with Gasteiger partial charge in [-0.05, 0) is 190 Å². The summed E-state index contributed by atoms with van der Waals surface area (Å²) in [5, 5.41) is 22.8. The van der Waals surface area contributed by atoms with Crippen molar-refractivity contribution in [1.82, 2.24) is 34.6 Å². The van der Waals surface area contributed by atoms with Gasteiger partial charge in [0, 0.05) is 97.0 Å². The molecule has 0 radical (unpaired) electrons. The zero-order valence-corrected chi connectivity index (χ0v) is 44.4. The number of H-pyrrole nitrogens is 2. The van der Waals surface area contributed by atoms with Crippen LogP contribution in [0, 0.1) is 40.9 Å². The molecule has 4 aliphatic heterocycles. The number of sulfonamides is 1. The molecule has 0 saturated carbocycles. The van der Waals surface area contributed by atoms with E-state index in [4.69, 9.17) is 0 Å². The molecule has 2 amide bonds. The molecule has 4 saturated heterocycles. The number of hydrogen-bond acceptors (Lipinski definition) is 9. The van der Waals surface area contributed by atoms with Crippen LogP contribution >= 0.6 is 0 Å². The summed E-state index contributed by atoms with van der Waals surface area (Å²) >= 11 is 0. The molecule has 14 nitrogen and oxygen atoms in total. The van der Waals surface area contributed by atoms with Gasteiger partial charge in [-0.25, -0.2) is 35.4 Å². The van der Waals surface area contributed by atoms with E-state index in [0.717, 1.165) is 124 Å². The number of piperidine rings is 4. The predicted molar refractivity (Wildman–Crippen MR) is 291 cm³/mol. The van der Waals surface area contributed by atoms with Crippen LogP contribution < -0.4 is 4.72 Å². The first-order valence-corrected chi connectivity index (χ1v) is 28.7. The number of aliphatic hydroxyl groups excluding tert-OH is 2. The highest BCUT2D eigenvalue weighted by Gasteiger charge is 2.36. The van der Waals surface area contributed by atoms with Crippen LogP contribution in [0.4, 0.5) is 27.6 Å². The van der Waals surface area contributed by atoms with Gasteiger partial charge in [0.05, 0.1) is 19.5 Å². The number of aromatic amines is 2. The number of carbonyl (C=O) groups is 2. The van der Waals surface area contributed by atoms with E-state index in [2.05, 4.69) is 41.7 Å². The molecule has 5 N–H and O–H groups in total. The molecule has 7 heterocycles. The number of likely N-dealkylation sites (tertiary alicyclic amines) is 4. The number of carbonyl (C=O) groups excluding carboxylic acids is 2. The Morgan fingerprint density at radius 2 is 1.14 bits per heavy atom. The molecule has 3 aromatic heterocycles. The lowest BCUT2D eigenvalue weighted by molar-refractivity contribution is -0.128. The standard InChI is InChI=1S/C30H35F3N4O4S.C28H32F2N4O2/c1-42(40,41)35-22-3-4-27-23(16-22)24(17-34-27)20-6-10-36(11-7-20)28(18-38)21-8-12-37(13-9-21)29(39)5-2-19-14-25(31)30(33)26(32)15-19;29-22-14-19(15-23(30)16-22)3-4-27(36)34-12-7-21(8-13-34)26(18-35)33-10-5-20(6-11-33)25-17-32-28-24(25)2-1-9-31-28/h2-5,14-17,20-21,28,34-35,38H,6-13,18H2,1H3;1-4,9,14-17,20-21,26,35H,5-8,10-13,18H2,(H,31,32)/b5-2+;4-3+. The van der Waals surface area contributed by atoms with E-state index in [1.807, 2.05) is 24.4 Å². The molecule has 0 spiro atoms. The van der Waals surface area contributed by atoms with Crippen molar-refractivity contribution in [3.8, 4) is 0 Å². The Morgan fingerprint density at radius 3 is 1.64 bits per heavy atom. The van der Waals surface area contributed by atoms with Crippen molar-refractivity contribution in [2.45, 2.75) is 75.3 Å². The Hall–Kier alpha value is -6.45. The topological polar surface area (TPSA) is 178 Å². The highest BCUT2D eigenvalue weighted by Crippen LogP contribution is 2.38. The van der Waals surface area contributed by atoms with Crippen molar-refractivity contribution < 1.29 is 50.2 Å². The van der Waals surface area contributed by atoms with Crippen LogP contribution in [0.3, 0.4) is 0 Å². The highest BCUT2D eigenvalue weighted by atomic mass is 32.2. The molecular formula is C58H67F5N8O6S. The van der Waals surface area contributed by atoms with Gasteiger partial charge in [0.1, 0.15) is 17.3 Å². The van der Waals surface area contributed by atoms with Crippen molar-refractivity contribution in [1.29, 1.82) is 0 Å². The first kappa shape index (κ1) is 56.3. The minimum absolute atomic E-state index is 0.0163. The molecule has 20 heteroatoms. The zero-order chi connectivity index (χ0) is 55.1. The van der Waals surface area contributed by atoms with E-state index in [-0.39, 0.29) is 48.6 Å². The van der Waals surface area contributed by atoms with Crippen molar-refractivity contribution in [3.63, 3.8) is 0 Å². The number of hydrogen-bond donors (Lipinski definition) is 5. The number of fused-ring (bicyclic) bond motifs is 2. The largest absolute Gasteiger partial charge is 0.395 e. The summed E-state index contributed by atoms with van der Waals surface area (Å²) in [4.78, 5) is 44.5. The summed E-state index contributed by atoms with van der Waals surface area (Å²) in [7, 11) is -3.38. The van der Waals surface area contributed by atoms with Gasteiger partial charge in [-0.3, -0.25) is 24.1 Å². The van der Waals surface area contributed by atoms with Gasteiger partial charge in [0.15, 0.2) is 17.5 Å². The number of aromatic nitrogens is 3. The van der Waals surface area contributed by atoms with Gasteiger partial charge in [-0.1, -0.05) is 0 Å². The van der Waals surface area contributed by atoms with Crippen LogP contribution in [-0.2, 0) is 19.6 Å². The fourth-order valence-electron chi connectivity index (χ4n) is 12.2. The minimum atomic E-state index is -3.38. The number of nitrogens with zero attached hydrogens (tertiary/aromatic N) is 5. The predicted octanol–water partition coefficient (Wildman–Crippen LogP) is 8.78. The van der Waals surface area contributed by atoms with Crippen LogP contribution in [-0.4, -0.2) is 149 Å². The lowest BCUT2D eigenvalue weighted by Gasteiger charge is -2.43. The van der Waals surface area contributed by atoms with Crippen molar-refractivity contribution in [3.05, 3.63) is 143 Å². The summed E-state index contributed by atoms with van der Waals surface area (Å²) in [5.41, 5.74) is 5.30. The third-order valence-electron chi connectivity index (χ3n) is 16.3. The number of halogens is 5. The van der Waals surface area contributed by atoms with Crippen LogP contribution in [0.15, 0.2) is 91.4 Å². The Morgan fingerprint density at radius 1 is 0.654 bits per heavy atom. The Labute approximate surface area is 451 Å². The maximum atomic E-state index is 13.5. The summed E-state index contributed by atoms with van der Waals surface area (Å²) in [5.74, 6) is -4.60. The first-order valence-electron chi connectivity index (χ1n) is 26.8. The molecule has 4 aliphatic rings. The molecule has 4 fully saturated rings. The Balaban J connectivity index is 0.000000192. The molecule has 78 heavy (non-hydrogen) atoms. The van der Waals surface area contributed by atoms with Gasteiger partial charge in [-0.15, -0.1) is 0 Å². The number of aliphatic hydroxyl groups is 2. The molecule has 10 rings (SSSR count). The number of benzene rings is 3. The van der Waals surface area contributed by atoms with Crippen molar-refractivity contribution in [2.75, 3.05) is 76.5 Å². The Kier molecular flexibility index (Phi) is 18.1. The average Bonchev–Trinajstić information content (AvgIpc) is 4.11. The Bertz CT molecular complexity index is 3190. The van der Waals surface area contributed by atoms with Crippen molar-refractivity contribution in [2.24, 2.45) is 11.8 Å². The van der Waals surface area contributed by atoms with Crippen molar-refractivity contribution >= 4 is 61.6 Å². The molecule has 2 atom stereocenters. The average molecular weight is 1100 g/mol. The van der Waals surface area contributed by atoms with Crippen LogP contribution in [0.5, 0.6) is 0 Å². The van der Waals surface area contributed by atoms with E-state index in [9.17, 15) is 50.2 Å². The number of pyridine rings is 1. The van der Waals surface area contributed by atoms with E-state index < -0.39 is 39.1 Å². The summed E-state index contributed by atoms with van der Waals surface area (Å²) in [6.45, 7) is 5.89. The van der Waals surface area contributed by atoms with Crippen LogP contribution in [0.25, 0.3) is 34.1 Å². The van der Waals surface area contributed by atoms with Gasteiger partial charge in [0.2, 0.25) is 21.8 Å². The highest BCUT2D eigenvalue weighted by molar-refractivity contribution is 7.92. The van der Waals surface area contributed by atoms with Gasteiger partial charge >= 0.3 is 0 Å². The van der Waals surface area contributed by atoms with E-state index in [1.165, 1.54) is 47.4 Å². The molecule has 0 aliphatic carbocycles. The monoisotopic (exact) mass is 1100 g/mol. The number of anilines is 1. The van der Waals surface area contributed by atoms with Gasteiger partial charge in [0.25, 0.3) is 0 Å². The fourth-order valence-corrected chi connectivity index (χ4v) is 12.7. The minimum Gasteiger partial charge on any atom is -0.395 e. The second-order valence-corrected chi connectivity index (χ2v) is 22.9. The first-order chi connectivity index (χ1) is 37.5. The maximum Gasteiger partial charge on any atom is 0.246 e. The lowest BCUT2D eigenvalue weighted by Crippen LogP contribution is -2.50. The second kappa shape index (κ2) is 25.1. The van der Waals surface area contributed by atoms with E-state index in [1.54, 1.807) is 22.1 Å². The fraction of sp³-hybridized carbons (Fsp3) is 0.431. The zero-order valence-electron chi connectivity index (χ0n) is 43.6. The van der Waals surface area contributed by atoms with Crippen LogP contribution in [0.2, 0.25) is 0 Å². The molecule has 416 valence electrons. The molecule has 2 unspecified atom stereocenters. The maximum absolute atomic E-state index is 13.5. The lowest BCUT2D eigenvalue weighted by atomic mass is 9.84. The quantitative estimate of drug-likeness (QED) is 0.0405. The summed E-state index contributed by atoms with van der Waals surface area (Å²) in [6, 6.07) is 14.5. The van der Waals surface area contributed by atoms with E-state index >= 15 is 0 Å². The number of rotatable bonds is 14. The summed E-state index contributed by atoms with van der Waals surface area (Å²) < 4.78 is 92.7. The smallest absolute Gasteiger partial charge is 0.246 e. The SMILES string of the molecule is CS(=O)(=O)Nc1ccc2[nH]cc(C3CCN(C(CO)C4CCN(C(=O)/C=C/c5cc(F)c(F)c(F)c5)CC4)CC3)c2c1.O=C(/C=C/c1cc(F)cc(F)c1)N1CCC(C(CO)N2CCC(c3c[nH]c4ncccc34)CC2)CC1. The molecule has 6 aromatic rings. The normalized spacial score (nSPS) is 19.0. The van der Waals surface area contributed by atoms with Gasteiger partial charge in [-0.2, -0.15) is 0 Å². The number of amides is 2. The second-order valence-electron chi connectivity index (χ2n) is 21.1. The third-order valence-corrected chi connectivity index (χ3v) is 16.9. The van der Waals surface area contributed by atoms with Crippen LogP contribution in [0.1, 0.15) is 85.5 Å². The molecular weight excluding hydrogens is 1030 g/mol. The third kappa shape index (κ3) is 13.7. The molecule has 0 bridgehead atoms.